The highest BCUT2D eigenvalue weighted by Gasteiger charge is 2.35. The number of ether oxygens (including phenoxy) is 1. The van der Waals surface area contributed by atoms with E-state index in [0.717, 1.165) is 0 Å². The van der Waals surface area contributed by atoms with E-state index in [-0.39, 0.29) is 40.6 Å². The van der Waals surface area contributed by atoms with Gasteiger partial charge >= 0.3 is 5.97 Å². The minimum absolute atomic E-state index is 0.0834. The predicted octanol–water partition coefficient (Wildman–Crippen LogP) is 3.41. The Morgan fingerprint density at radius 3 is 2.52 bits per heavy atom. The average Bonchev–Trinajstić information content (AvgIpc) is 3.03. The van der Waals surface area contributed by atoms with Gasteiger partial charge in [0.1, 0.15) is 11.5 Å². The van der Waals surface area contributed by atoms with Crippen molar-refractivity contribution in [2.75, 3.05) is 0 Å². The summed E-state index contributed by atoms with van der Waals surface area (Å²) in [4.78, 5) is 32.4. The number of carbonyl (C=O) groups excluding carboxylic acids is 1. The summed E-state index contributed by atoms with van der Waals surface area (Å²) >= 11 is 0. The molecule has 1 aromatic carbocycles. The molecule has 1 atom stereocenters. The molecule has 0 fully saturated rings. The second-order valence-electron chi connectivity index (χ2n) is 6.54. The third-order valence-corrected chi connectivity index (χ3v) is 4.65. The SMILES string of the molecule is O=C(O)CC(c1cccnc1)c1c(O)ccc2c1OC(=Cc1cccnc1)C2=O. The monoisotopic (exact) mass is 388 g/mol. The number of rotatable bonds is 5. The first-order valence-corrected chi connectivity index (χ1v) is 8.86. The zero-order chi connectivity index (χ0) is 20.4. The van der Waals surface area contributed by atoms with Crippen molar-refractivity contribution in [3.8, 4) is 11.5 Å². The number of hydrogen-bond acceptors (Lipinski definition) is 6. The van der Waals surface area contributed by atoms with Gasteiger partial charge in [0.05, 0.1) is 12.0 Å². The number of Topliss-reactive ketones (excluding diaryl/α,β-unsaturated/α-hetero) is 1. The van der Waals surface area contributed by atoms with Crippen molar-refractivity contribution in [2.45, 2.75) is 12.3 Å². The fourth-order valence-corrected chi connectivity index (χ4v) is 3.35. The molecule has 0 amide bonds. The molecule has 7 nitrogen and oxygen atoms in total. The minimum Gasteiger partial charge on any atom is -0.508 e. The summed E-state index contributed by atoms with van der Waals surface area (Å²) < 4.78 is 5.83. The number of aromatic nitrogens is 2. The van der Waals surface area contributed by atoms with Crippen LogP contribution in [0.3, 0.4) is 0 Å². The van der Waals surface area contributed by atoms with Crippen LogP contribution in [0.5, 0.6) is 11.5 Å². The number of ketones is 1. The molecule has 0 saturated carbocycles. The molecule has 1 aliphatic rings. The number of hydrogen-bond donors (Lipinski definition) is 2. The van der Waals surface area contributed by atoms with Crippen molar-refractivity contribution in [3.05, 3.63) is 89.2 Å². The zero-order valence-electron chi connectivity index (χ0n) is 15.1. The number of allylic oxidation sites excluding steroid dienone is 1. The Morgan fingerprint density at radius 1 is 1.10 bits per heavy atom. The van der Waals surface area contributed by atoms with Crippen LogP contribution >= 0.6 is 0 Å². The van der Waals surface area contributed by atoms with Gasteiger partial charge in [0.2, 0.25) is 5.78 Å². The summed E-state index contributed by atoms with van der Waals surface area (Å²) in [6.07, 6.45) is 7.59. The van der Waals surface area contributed by atoms with Crippen LogP contribution in [0.15, 0.2) is 66.9 Å². The van der Waals surface area contributed by atoms with E-state index in [2.05, 4.69) is 9.97 Å². The van der Waals surface area contributed by atoms with E-state index in [4.69, 9.17) is 4.74 Å². The largest absolute Gasteiger partial charge is 0.508 e. The molecule has 1 unspecified atom stereocenters. The van der Waals surface area contributed by atoms with E-state index in [9.17, 15) is 19.8 Å². The Morgan fingerprint density at radius 2 is 1.86 bits per heavy atom. The Hall–Kier alpha value is -4.00. The number of carbonyl (C=O) groups is 2. The third kappa shape index (κ3) is 3.58. The topological polar surface area (TPSA) is 110 Å². The number of aromatic hydroxyl groups is 1. The Balaban J connectivity index is 1.83. The van der Waals surface area contributed by atoms with Crippen molar-refractivity contribution in [2.24, 2.45) is 0 Å². The van der Waals surface area contributed by atoms with E-state index in [1.54, 1.807) is 48.9 Å². The molecule has 1 aliphatic heterocycles. The van der Waals surface area contributed by atoms with Crippen molar-refractivity contribution in [1.29, 1.82) is 0 Å². The standard InChI is InChI=1S/C22H16N2O5/c25-17-6-5-15-21(28)18(9-13-3-1-7-23-11-13)29-22(15)20(17)16(10-19(26)27)14-4-2-8-24-12-14/h1-9,11-12,16,25H,10H2,(H,26,27). The lowest BCUT2D eigenvalue weighted by molar-refractivity contribution is -0.137. The first-order chi connectivity index (χ1) is 14.0. The van der Waals surface area contributed by atoms with Gasteiger partial charge in [-0.05, 0) is 41.5 Å². The molecular formula is C22H16N2O5. The van der Waals surface area contributed by atoms with Gasteiger partial charge < -0.3 is 14.9 Å². The maximum Gasteiger partial charge on any atom is 0.304 e. The van der Waals surface area contributed by atoms with Crippen molar-refractivity contribution >= 4 is 17.8 Å². The highest BCUT2D eigenvalue weighted by atomic mass is 16.5. The van der Waals surface area contributed by atoms with Crippen molar-refractivity contribution in [3.63, 3.8) is 0 Å². The number of fused-ring (bicyclic) bond motifs is 1. The lowest BCUT2D eigenvalue weighted by atomic mass is 9.87. The van der Waals surface area contributed by atoms with Crippen LogP contribution in [0.4, 0.5) is 0 Å². The lowest BCUT2D eigenvalue weighted by Gasteiger charge is -2.19. The average molecular weight is 388 g/mol. The number of carboxylic acids is 1. The minimum atomic E-state index is -1.05. The number of phenolic OH excluding ortho intramolecular Hbond substituents is 1. The van der Waals surface area contributed by atoms with Gasteiger partial charge in [-0.25, -0.2) is 0 Å². The number of pyridine rings is 2. The van der Waals surface area contributed by atoms with Crippen LogP contribution in [0.1, 0.15) is 39.4 Å². The highest BCUT2D eigenvalue weighted by molar-refractivity contribution is 6.15. The molecule has 0 bridgehead atoms. The first kappa shape index (κ1) is 18.4. The van der Waals surface area contributed by atoms with Crippen molar-refractivity contribution in [1.82, 2.24) is 9.97 Å². The number of nitrogens with zero attached hydrogens (tertiary/aromatic N) is 2. The fraction of sp³-hybridized carbons (Fsp3) is 0.0909. The molecule has 144 valence electrons. The predicted molar refractivity (Wildman–Crippen MR) is 104 cm³/mol. The molecule has 0 aliphatic carbocycles. The number of aliphatic carboxylic acids is 1. The number of benzene rings is 1. The second kappa shape index (κ2) is 7.55. The maximum absolute atomic E-state index is 12.8. The van der Waals surface area contributed by atoms with Gasteiger partial charge in [-0.2, -0.15) is 0 Å². The van der Waals surface area contributed by atoms with Crippen LogP contribution < -0.4 is 4.74 Å². The molecule has 4 rings (SSSR count). The zero-order valence-corrected chi connectivity index (χ0v) is 15.1. The summed E-state index contributed by atoms with van der Waals surface area (Å²) in [5, 5.41) is 20.0. The summed E-state index contributed by atoms with van der Waals surface area (Å²) in [6, 6.07) is 9.78. The quantitative estimate of drug-likeness (QED) is 0.645. The first-order valence-electron chi connectivity index (χ1n) is 8.86. The van der Waals surface area contributed by atoms with Crippen LogP contribution in [0.2, 0.25) is 0 Å². The molecule has 2 N–H and O–H groups in total. The Bertz CT molecular complexity index is 1110. The molecule has 0 spiro atoms. The molecule has 0 radical (unpaired) electrons. The van der Waals surface area contributed by atoms with Crippen LogP contribution in [0, 0.1) is 0 Å². The summed E-state index contributed by atoms with van der Waals surface area (Å²) in [5.41, 5.74) is 1.80. The van der Waals surface area contributed by atoms with Gasteiger partial charge in [-0.3, -0.25) is 19.6 Å². The molecular weight excluding hydrogens is 372 g/mol. The summed E-state index contributed by atoms with van der Waals surface area (Å²) in [6.45, 7) is 0. The van der Waals surface area contributed by atoms with E-state index in [1.165, 1.54) is 18.3 Å². The van der Waals surface area contributed by atoms with Gasteiger partial charge in [0, 0.05) is 36.3 Å². The van der Waals surface area contributed by atoms with E-state index >= 15 is 0 Å². The van der Waals surface area contributed by atoms with E-state index in [1.807, 2.05) is 0 Å². The molecule has 3 aromatic rings. The van der Waals surface area contributed by atoms with Crippen LogP contribution in [-0.4, -0.2) is 31.9 Å². The smallest absolute Gasteiger partial charge is 0.304 e. The van der Waals surface area contributed by atoms with Crippen LogP contribution in [-0.2, 0) is 4.79 Å². The number of carboxylic acid groups (broad SMARTS) is 1. The highest BCUT2D eigenvalue weighted by Crippen LogP contribution is 2.46. The summed E-state index contributed by atoms with van der Waals surface area (Å²) in [5.74, 6) is -2.02. The molecule has 29 heavy (non-hydrogen) atoms. The Labute approximate surface area is 166 Å². The second-order valence-corrected chi connectivity index (χ2v) is 6.54. The van der Waals surface area contributed by atoms with E-state index in [0.29, 0.717) is 11.1 Å². The maximum atomic E-state index is 12.8. The van der Waals surface area contributed by atoms with Gasteiger partial charge in [0.15, 0.2) is 5.76 Å². The van der Waals surface area contributed by atoms with Crippen molar-refractivity contribution < 1.29 is 24.5 Å². The van der Waals surface area contributed by atoms with E-state index < -0.39 is 11.9 Å². The summed E-state index contributed by atoms with van der Waals surface area (Å²) in [7, 11) is 0. The molecule has 2 aromatic heterocycles. The number of phenols is 1. The molecule has 7 heteroatoms. The fourth-order valence-electron chi connectivity index (χ4n) is 3.35. The third-order valence-electron chi connectivity index (χ3n) is 4.65. The molecule has 3 heterocycles. The van der Waals surface area contributed by atoms with Gasteiger partial charge in [-0.1, -0.05) is 12.1 Å². The lowest BCUT2D eigenvalue weighted by Crippen LogP contribution is -2.10. The molecule has 0 saturated heterocycles. The normalized spacial score (nSPS) is 15.0. The van der Waals surface area contributed by atoms with Crippen LogP contribution in [0.25, 0.3) is 6.08 Å². The van der Waals surface area contributed by atoms with Gasteiger partial charge in [0.25, 0.3) is 0 Å². The Kier molecular flexibility index (Phi) is 4.78. The van der Waals surface area contributed by atoms with Gasteiger partial charge in [-0.15, -0.1) is 0 Å².